The molecule has 0 N–H and O–H groups in total. The van der Waals surface area contributed by atoms with Crippen LogP contribution in [0.5, 0.6) is 0 Å². The number of nitrogens with zero attached hydrogens (tertiary/aromatic N) is 5. The number of hydrogen-bond donors (Lipinski definition) is 0. The molecule has 0 fully saturated rings. The lowest BCUT2D eigenvalue weighted by Crippen LogP contribution is -2.01. The topological polar surface area (TPSA) is 56.5 Å². The van der Waals surface area contributed by atoms with Gasteiger partial charge in [0.2, 0.25) is 0 Å². The zero-order valence-electron chi connectivity index (χ0n) is 17.7. The molecule has 5 aromatic rings. The molecule has 0 radical (unpaired) electrons. The number of rotatable bonds is 5. The van der Waals surface area contributed by atoms with Crippen LogP contribution in [0.15, 0.2) is 78.3 Å². The molecular formula is C25H20FN5S. The minimum absolute atomic E-state index is 0.264. The third kappa shape index (κ3) is 3.76. The number of pyridine rings is 2. The molecule has 5 rings (SSSR count). The van der Waals surface area contributed by atoms with E-state index in [1.807, 2.05) is 12.1 Å². The van der Waals surface area contributed by atoms with Gasteiger partial charge >= 0.3 is 0 Å². The molecule has 0 aliphatic carbocycles. The molecule has 3 heterocycles. The summed E-state index contributed by atoms with van der Waals surface area (Å²) in [5, 5.41) is 10.3. The predicted molar refractivity (Wildman–Crippen MR) is 125 cm³/mol. The molecule has 3 aromatic heterocycles. The van der Waals surface area contributed by atoms with Gasteiger partial charge in [0.05, 0.1) is 11.2 Å². The Morgan fingerprint density at radius 2 is 1.75 bits per heavy atom. The van der Waals surface area contributed by atoms with Gasteiger partial charge in [-0.1, -0.05) is 23.9 Å². The predicted octanol–water partition coefficient (Wildman–Crippen LogP) is 5.93. The molecule has 0 saturated carbocycles. The number of thioether (sulfide) groups is 1. The summed E-state index contributed by atoms with van der Waals surface area (Å²) in [6.07, 6.45) is 5.19. The van der Waals surface area contributed by atoms with E-state index in [-0.39, 0.29) is 5.82 Å². The molecule has 0 aliphatic heterocycles. The van der Waals surface area contributed by atoms with E-state index in [0.717, 1.165) is 27.8 Å². The highest BCUT2D eigenvalue weighted by molar-refractivity contribution is 7.98. The molecule has 0 saturated heterocycles. The highest BCUT2D eigenvalue weighted by Crippen LogP contribution is 2.32. The van der Waals surface area contributed by atoms with Gasteiger partial charge in [0.25, 0.3) is 0 Å². The number of aryl methyl sites for hydroxylation is 2. The van der Waals surface area contributed by atoms with Crippen LogP contribution in [0, 0.1) is 19.7 Å². The van der Waals surface area contributed by atoms with Crippen LogP contribution in [0.2, 0.25) is 0 Å². The lowest BCUT2D eigenvalue weighted by atomic mass is 10.1. The Labute approximate surface area is 189 Å². The van der Waals surface area contributed by atoms with Crippen LogP contribution in [0.3, 0.4) is 0 Å². The van der Waals surface area contributed by atoms with E-state index in [9.17, 15) is 4.39 Å². The van der Waals surface area contributed by atoms with E-state index in [0.29, 0.717) is 16.7 Å². The minimum atomic E-state index is -0.264. The SMILES string of the molecule is Cc1ccc(-n2c(SCc3ccc(F)c4cccnc34)nnc2-c2ccncc2)cc1C. The zero-order chi connectivity index (χ0) is 22.1. The summed E-state index contributed by atoms with van der Waals surface area (Å²) in [5.74, 6) is 1.08. The molecule has 0 bridgehead atoms. The molecule has 0 aliphatic rings. The van der Waals surface area contributed by atoms with Crippen molar-refractivity contribution < 1.29 is 4.39 Å². The summed E-state index contributed by atoms with van der Waals surface area (Å²) < 4.78 is 16.3. The van der Waals surface area contributed by atoms with Crippen molar-refractivity contribution in [2.45, 2.75) is 24.8 Å². The highest BCUT2D eigenvalue weighted by atomic mass is 32.2. The molecule has 0 atom stereocenters. The number of fused-ring (bicyclic) bond motifs is 1. The van der Waals surface area contributed by atoms with Gasteiger partial charge in [0.1, 0.15) is 5.82 Å². The number of halogens is 1. The van der Waals surface area contributed by atoms with Crippen LogP contribution in [-0.2, 0) is 5.75 Å². The normalized spacial score (nSPS) is 11.2. The van der Waals surface area contributed by atoms with Crippen molar-refractivity contribution in [3.63, 3.8) is 0 Å². The van der Waals surface area contributed by atoms with Crippen molar-refractivity contribution in [3.8, 4) is 17.1 Å². The van der Waals surface area contributed by atoms with Crippen LogP contribution >= 0.6 is 11.8 Å². The maximum absolute atomic E-state index is 14.2. The monoisotopic (exact) mass is 441 g/mol. The lowest BCUT2D eigenvalue weighted by molar-refractivity contribution is 0.639. The fourth-order valence-electron chi connectivity index (χ4n) is 3.60. The van der Waals surface area contributed by atoms with Crippen molar-refractivity contribution in [1.82, 2.24) is 24.7 Å². The molecule has 0 unspecified atom stereocenters. The van der Waals surface area contributed by atoms with E-state index in [2.05, 4.69) is 56.8 Å². The van der Waals surface area contributed by atoms with Gasteiger partial charge in [-0.05, 0) is 73.0 Å². The molecule has 7 heteroatoms. The van der Waals surface area contributed by atoms with Crippen LogP contribution in [-0.4, -0.2) is 24.7 Å². The summed E-state index contributed by atoms with van der Waals surface area (Å²) in [6.45, 7) is 4.19. The standard InChI is InChI=1S/C25H20FN5S/c1-16-5-7-20(14-17(16)2)31-24(18-9-12-27-13-10-18)29-30-25(31)32-15-19-6-8-22(26)21-4-3-11-28-23(19)21/h3-14H,15H2,1-2H3. The second-order valence-corrected chi connectivity index (χ2v) is 8.48. The second-order valence-electron chi connectivity index (χ2n) is 7.54. The Balaban J connectivity index is 1.57. The average Bonchev–Trinajstić information content (AvgIpc) is 3.25. The van der Waals surface area contributed by atoms with Gasteiger partial charge in [0.15, 0.2) is 11.0 Å². The van der Waals surface area contributed by atoms with Gasteiger partial charge in [-0.2, -0.15) is 0 Å². The average molecular weight is 442 g/mol. The Morgan fingerprint density at radius 1 is 0.906 bits per heavy atom. The lowest BCUT2D eigenvalue weighted by Gasteiger charge is -2.12. The first-order valence-electron chi connectivity index (χ1n) is 10.2. The fraction of sp³-hybridized carbons (Fsp3) is 0.120. The zero-order valence-corrected chi connectivity index (χ0v) is 18.5. The first-order chi connectivity index (χ1) is 15.6. The first-order valence-corrected chi connectivity index (χ1v) is 11.2. The number of aromatic nitrogens is 5. The van der Waals surface area contributed by atoms with Crippen LogP contribution in [0.25, 0.3) is 28.0 Å². The Morgan fingerprint density at radius 3 is 2.56 bits per heavy atom. The van der Waals surface area contributed by atoms with Gasteiger partial charge in [0, 0.05) is 35.3 Å². The van der Waals surface area contributed by atoms with E-state index < -0.39 is 0 Å². The Bertz CT molecular complexity index is 1420. The van der Waals surface area contributed by atoms with Crippen LogP contribution in [0.4, 0.5) is 4.39 Å². The van der Waals surface area contributed by atoms with Gasteiger partial charge < -0.3 is 0 Å². The largest absolute Gasteiger partial charge is 0.270 e. The van der Waals surface area contributed by atoms with Crippen molar-refractivity contribution in [1.29, 1.82) is 0 Å². The summed E-state index contributed by atoms with van der Waals surface area (Å²) in [5.41, 5.74) is 5.98. The van der Waals surface area contributed by atoms with Crippen LogP contribution in [0.1, 0.15) is 16.7 Å². The van der Waals surface area contributed by atoms with Crippen LogP contribution < -0.4 is 0 Å². The van der Waals surface area contributed by atoms with Crippen molar-refractivity contribution in [3.05, 3.63) is 95.7 Å². The molecule has 2 aromatic carbocycles. The third-order valence-corrected chi connectivity index (χ3v) is 6.46. The summed E-state index contributed by atoms with van der Waals surface area (Å²) in [4.78, 5) is 8.52. The minimum Gasteiger partial charge on any atom is -0.270 e. The first kappa shape index (κ1) is 20.3. The van der Waals surface area contributed by atoms with Crippen molar-refractivity contribution in [2.75, 3.05) is 0 Å². The Kier molecular flexibility index (Phi) is 5.41. The molecular weight excluding hydrogens is 421 g/mol. The van der Waals surface area contributed by atoms with E-state index in [1.165, 1.54) is 17.2 Å². The van der Waals surface area contributed by atoms with Gasteiger partial charge in [-0.15, -0.1) is 10.2 Å². The van der Waals surface area contributed by atoms with Crippen molar-refractivity contribution in [2.24, 2.45) is 0 Å². The molecule has 158 valence electrons. The van der Waals surface area contributed by atoms with Crippen molar-refractivity contribution >= 4 is 22.7 Å². The van der Waals surface area contributed by atoms with E-state index in [1.54, 1.807) is 48.6 Å². The van der Waals surface area contributed by atoms with Gasteiger partial charge in [-0.25, -0.2) is 4.39 Å². The summed E-state index contributed by atoms with van der Waals surface area (Å²) >= 11 is 1.55. The molecule has 5 nitrogen and oxygen atoms in total. The second kappa shape index (κ2) is 8.51. The quantitative estimate of drug-likeness (QED) is 0.317. The van der Waals surface area contributed by atoms with Gasteiger partial charge in [-0.3, -0.25) is 14.5 Å². The Hall–Kier alpha value is -3.58. The maximum atomic E-state index is 14.2. The third-order valence-electron chi connectivity index (χ3n) is 5.48. The van der Waals surface area contributed by atoms with E-state index in [4.69, 9.17) is 0 Å². The molecule has 0 amide bonds. The maximum Gasteiger partial charge on any atom is 0.196 e. The summed E-state index contributed by atoms with van der Waals surface area (Å²) in [6, 6.07) is 17.0. The highest BCUT2D eigenvalue weighted by Gasteiger charge is 2.17. The molecule has 32 heavy (non-hydrogen) atoms. The smallest absolute Gasteiger partial charge is 0.196 e. The fourth-order valence-corrected chi connectivity index (χ4v) is 4.54. The molecule has 0 spiro atoms. The summed E-state index contributed by atoms with van der Waals surface area (Å²) in [7, 11) is 0. The number of benzene rings is 2. The van der Waals surface area contributed by atoms with E-state index >= 15 is 0 Å². The number of hydrogen-bond acceptors (Lipinski definition) is 5.